The van der Waals surface area contributed by atoms with Gasteiger partial charge in [0.05, 0.1) is 12.0 Å². The summed E-state index contributed by atoms with van der Waals surface area (Å²) in [4.78, 5) is 17.3. The first-order valence-corrected chi connectivity index (χ1v) is 9.28. The van der Waals surface area contributed by atoms with Gasteiger partial charge in [0.2, 0.25) is 0 Å². The van der Waals surface area contributed by atoms with E-state index < -0.39 is 0 Å². The number of hydrazine groups is 1. The minimum Gasteiger partial charge on any atom is -0.484 e. The molecule has 1 amide bonds. The third-order valence-electron chi connectivity index (χ3n) is 3.80. The van der Waals surface area contributed by atoms with Crippen molar-refractivity contribution in [1.29, 1.82) is 0 Å². The fourth-order valence-electron chi connectivity index (χ4n) is 2.51. The summed E-state index contributed by atoms with van der Waals surface area (Å²) in [5.41, 5.74) is 3.91. The number of nitrogens with zero attached hydrogens (tertiary/aromatic N) is 2. The van der Waals surface area contributed by atoms with Crippen LogP contribution in [0.3, 0.4) is 0 Å². The molecular weight excluding hydrogens is 362 g/mol. The zero-order valence-electron chi connectivity index (χ0n) is 14.3. The van der Waals surface area contributed by atoms with Crippen molar-refractivity contribution in [2.75, 3.05) is 6.61 Å². The van der Waals surface area contributed by atoms with Crippen molar-refractivity contribution in [1.82, 2.24) is 10.4 Å². The lowest BCUT2D eigenvalue weighted by Crippen LogP contribution is -2.43. The van der Waals surface area contributed by atoms with Gasteiger partial charge in [0, 0.05) is 0 Å². The van der Waals surface area contributed by atoms with Crippen LogP contribution in [0.1, 0.15) is 11.1 Å². The Kier molecular flexibility index (Phi) is 5.22. The van der Waals surface area contributed by atoms with Gasteiger partial charge in [-0.15, -0.1) is 0 Å². The lowest BCUT2D eigenvalue weighted by atomic mass is 10.3. The molecule has 136 valence electrons. The Hall–Kier alpha value is -3.03. The normalized spacial score (nSPS) is 18.0. The molecule has 1 aliphatic heterocycles. The molecule has 1 saturated heterocycles. The Morgan fingerprint density at radius 2 is 1.81 bits per heavy atom. The Balaban J connectivity index is 1.53. The number of thioether (sulfide) groups is 1. The minimum atomic E-state index is -0.241. The van der Waals surface area contributed by atoms with Gasteiger partial charge >= 0.3 is 0 Å². The molecule has 2 aromatic carbocycles. The molecule has 1 unspecified atom stereocenters. The molecule has 27 heavy (non-hydrogen) atoms. The molecule has 0 aliphatic carbocycles. The van der Waals surface area contributed by atoms with Crippen molar-refractivity contribution in [3.8, 4) is 5.75 Å². The van der Waals surface area contributed by atoms with Crippen LogP contribution in [0.4, 0.5) is 5.69 Å². The molecule has 1 fully saturated rings. The number of benzene rings is 2. The van der Waals surface area contributed by atoms with E-state index in [2.05, 4.69) is 10.4 Å². The van der Waals surface area contributed by atoms with Crippen molar-refractivity contribution in [3.05, 3.63) is 84.8 Å². The first-order chi connectivity index (χ1) is 13.3. The number of nitrogens with one attached hydrogen (secondary N) is 1. The van der Waals surface area contributed by atoms with Crippen molar-refractivity contribution in [2.45, 2.75) is 5.37 Å². The molecule has 0 bridgehead atoms. The van der Waals surface area contributed by atoms with Gasteiger partial charge in [-0.2, -0.15) is 0 Å². The van der Waals surface area contributed by atoms with Crippen LogP contribution in [0.2, 0.25) is 0 Å². The number of amidine groups is 1. The monoisotopic (exact) mass is 379 g/mol. The predicted molar refractivity (Wildman–Crippen MR) is 104 cm³/mol. The first kappa shape index (κ1) is 17.4. The van der Waals surface area contributed by atoms with Crippen LogP contribution >= 0.6 is 11.8 Å². The van der Waals surface area contributed by atoms with Crippen LogP contribution in [-0.4, -0.2) is 22.7 Å². The third-order valence-corrected chi connectivity index (χ3v) is 4.86. The number of ether oxygens (including phenoxy) is 1. The van der Waals surface area contributed by atoms with E-state index in [0.717, 1.165) is 11.4 Å². The molecule has 0 saturated carbocycles. The van der Waals surface area contributed by atoms with Gasteiger partial charge in [-0.1, -0.05) is 48.2 Å². The average molecular weight is 379 g/mol. The molecule has 1 aliphatic rings. The summed E-state index contributed by atoms with van der Waals surface area (Å²) in [5, 5.41) is 1.74. The lowest BCUT2D eigenvalue weighted by molar-refractivity contribution is -0.131. The summed E-state index contributed by atoms with van der Waals surface area (Å²) >= 11 is 1.42. The van der Waals surface area contributed by atoms with E-state index in [4.69, 9.17) is 9.15 Å². The van der Waals surface area contributed by atoms with E-state index in [1.54, 1.807) is 6.26 Å². The Labute approximate surface area is 160 Å². The van der Waals surface area contributed by atoms with E-state index in [9.17, 15) is 4.79 Å². The van der Waals surface area contributed by atoms with Crippen molar-refractivity contribution < 1.29 is 13.9 Å². The molecule has 4 rings (SSSR count). The Morgan fingerprint density at radius 1 is 1.07 bits per heavy atom. The van der Waals surface area contributed by atoms with Crippen LogP contribution in [0.25, 0.3) is 0 Å². The highest BCUT2D eigenvalue weighted by Gasteiger charge is 2.35. The molecule has 2 heterocycles. The maximum Gasteiger partial charge on any atom is 0.281 e. The van der Waals surface area contributed by atoms with E-state index in [1.165, 1.54) is 16.8 Å². The Bertz CT molecular complexity index is 914. The second-order valence-electron chi connectivity index (χ2n) is 5.70. The molecule has 0 spiro atoms. The topological polar surface area (TPSA) is 67.1 Å². The number of hydrogen-bond donors (Lipinski definition) is 1. The van der Waals surface area contributed by atoms with Gasteiger partial charge in [0.1, 0.15) is 16.9 Å². The maximum atomic E-state index is 12.7. The smallest absolute Gasteiger partial charge is 0.281 e. The van der Waals surface area contributed by atoms with Crippen molar-refractivity contribution >= 4 is 28.5 Å². The van der Waals surface area contributed by atoms with Gasteiger partial charge in [-0.05, 0) is 36.4 Å². The minimum absolute atomic E-state index is 0.101. The fourth-order valence-corrected chi connectivity index (χ4v) is 3.55. The number of amides is 1. The quantitative estimate of drug-likeness (QED) is 0.722. The van der Waals surface area contributed by atoms with Crippen LogP contribution in [0.15, 0.2) is 88.5 Å². The standard InChI is InChI=1S/C20H17N3O3S/c24-18(14-26-16-10-5-2-6-11-16)23-20(21-15-8-3-1-4-9-15)27-19(22-23)17-12-7-13-25-17/h1-13,19,22H,14H2. The van der Waals surface area contributed by atoms with Crippen molar-refractivity contribution in [2.24, 2.45) is 4.99 Å². The summed E-state index contributed by atoms with van der Waals surface area (Å²) in [6, 6.07) is 22.4. The summed E-state index contributed by atoms with van der Waals surface area (Å²) in [6.07, 6.45) is 1.61. The second-order valence-corrected chi connectivity index (χ2v) is 6.78. The van der Waals surface area contributed by atoms with Gasteiger partial charge in [0.25, 0.3) is 5.91 Å². The van der Waals surface area contributed by atoms with Crippen LogP contribution in [0, 0.1) is 0 Å². The molecule has 1 N–H and O–H groups in total. The predicted octanol–water partition coefficient (Wildman–Crippen LogP) is 4.12. The summed E-state index contributed by atoms with van der Waals surface area (Å²) in [7, 11) is 0. The highest BCUT2D eigenvalue weighted by Crippen LogP contribution is 2.35. The molecule has 0 radical (unpaired) electrons. The molecule has 1 aromatic heterocycles. The third kappa shape index (κ3) is 4.21. The van der Waals surface area contributed by atoms with Gasteiger partial charge in [0.15, 0.2) is 11.8 Å². The first-order valence-electron chi connectivity index (χ1n) is 8.40. The number of carbonyl (C=O) groups excluding carboxylic acids is 1. The molecule has 6 nitrogen and oxygen atoms in total. The van der Waals surface area contributed by atoms with E-state index in [0.29, 0.717) is 10.9 Å². The highest BCUT2D eigenvalue weighted by molar-refractivity contribution is 8.14. The largest absolute Gasteiger partial charge is 0.484 e. The molecule has 3 aromatic rings. The van der Waals surface area contributed by atoms with Crippen molar-refractivity contribution in [3.63, 3.8) is 0 Å². The van der Waals surface area contributed by atoms with E-state index in [1.807, 2.05) is 72.8 Å². The number of rotatable bonds is 5. The van der Waals surface area contributed by atoms with Gasteiger partial charge in [-0.25, -0.2) is 15.4 Å². The van der Waals surface area contributed by atoms with E-state index >= 15 is 0 Å². The SMILES string of the molecule is O=C(COc1ccccc1)N1NC(c2ccco2)SC1=Nc1ccccc1. The number of aliphatic imine (C=N–C) groups is 1. The molecule has 7 heteroatoms. The van der Waals surface area contributed by atoms with Crippen LogP contribution in [0.5, 0.6) is 5.75 Å². The summed E-state index contributed by atoms with van der Waals surface area (Å²) < 4.78 is 11.1. The Morgan fingerprint density at radius 3 is 2.52 bits per heavy atom. The molecule has 1 atom stereocenters. The average Bonchev–Trinajstić information content (AvgIpc) is 3.38. The number of furan rings is 1. The second kappa shape index (κ2) is 8.11. The highest BCUT2D eigenvalue weighted by atomic mass is 32.2. The van der Waals surface area contributed by atoms with Gasteiger partial charge in [-0.3, -0.25) is 4.79 Å². The number of para-hydroxylation sites is 2. The lowest BCUT2D eigenvalue weighted by Gasteiger charge is -2.17. The molecular formula is C20H17N3O3S. The van der Waals surface area contributed by atoms with Gasteiger partial charge < -0.3 is 9.15 Å². The number of carbonyl (C=O) groups is 1. The zero-order chi connectivity index (χ0) is 18.5. The number of hydrogen-bond acceptors (Lipinski definition) is 6. The summed E-state index contributed by atoms with van der Waals surface area (Å²) in [5.74, 6) is 1.12. The maximum absolute atomic E-state index is 12.7. The zero-order valence-corrected chi connectivity index (χ0v) is 15.1. The van der Waals surface area contributed by atoms with Crippen LogP contribution in [-0.2, 0) is 4.79 Å². The van der Waals surface area contributed by atoms with Crippen LogP contribution < -0.4 is 10.2 Å². The fraction of sp³-hybridized carbons (Fsp3) is 0.100. The van der Waals surface area contributed by atoms with E-state index in [-0.39, 0.29) is 17.9 Å². The summed E-state index contributed by atoms with van der Waals surface area (Å²) in [6.45, 7) is -0.101.